The Morgan fingerprint density at radius 1 is 1.17 bits per heavy atom. The number of nitrogens with zero attached hydrogens (tertiary/aromatic N) is 2. The Bertz CT molecular complexity index is 561. The van der Waals surface area contributed by atoms with Crippen molar-refractivity contribution in [1.29, 1.82) is 0 Å². The Labute approximate surface area is 141 Å². The van der Waals surface area contributed by atoms with E-state index in [0.29, 0.717) is 31.9 Å². The van der Waals surface area contributed by atoms with Crippen molar-refractivity contribution in [3.63, 3.8) is 0 Å². The fraction of sp³-hybridized carbons (Fsp3) is 0.588. The van der Waals surface area contributed by atoms with Crippen molar-refractivity contribution < 1.29 is 19.0 Å². The lowest BCUT2D eigenvalue weighted by Gasteiger charge is -2.44. The molecule has 2 fully saturated rings. The summed E-state index contributed by atoms with van der Waals surface area (Å²) in [6, 6.07) is 5.49. The summed E-state index contributed by atoms with van der Waals surface area (Å²) in [7, 11) is 0. The van der Waals surface area contributed by atoms with Gasteiger partial charge in [0.1, 0.15) is 23.8 Å². The van der Waals surface area contributed by atoms with Gasteiger partial charge in [-0.2, -0.15) is 0 Å². The molecule has 1 aliphatic heterocycles. The van der Waals surface area contributed by atoms with Crippen LogP contribution in [0.5, 0.6) is 5.75 Å². The Balaban J connectivity index is 1.59. The SMILES string of the molecule is NC(=O)N1CCN([C@H]2CCC[C@@H](Oc3ccc(F)cc3)[C@@H]2O)CC1. The van der Waals surface area contributed by atoms with E-state index in [1.165, 1.54) is 12.1 Å². The first-order chi connectivity index (χ1) is 11.5. The van der Waals surface area contributed by atoms with Crippen LogP contribution in [0, 0.1) is 5.82 Å². The third-order valence-electron chi connectivity index (χ3n) is 4.96. The molecule has 3 N–H and O–H groups in total. The van der Waals surface area contributed by atoms with E-state index in [1.807, 2.05) is 0 Å². The number of rotatable bonds is 3. The fourth-order valence-corrected chi connectivity index (χ4v) is 3.61. The first-order valence-corrected chi connectivity index (χ1v) is 8.43. The third-order valence-corrected chi connectivity index (χ3v) is 4.96. The number of ether oxygens (including phenoxy) is 1. The van der Waals surface area contributed by atoms with Gasteiger partial charge in [-0.1, -0.05) is 0 Å². The number of benzene rings is 1. The van der Waals surface area contributed by atoms with Gasteiger partial charge < -0.3 is 20.5 Å². The molecule has 132 valence electrons. The largest absolute Gasteiger partial charge is 0.488 e. The first kappa shape index (κ1) is 17.0. The number of amides is 2. The lowest BCUT2D eigenvalue weighted by molar-refractivity contribution is -0.0607. The number of primary amides is 1. The van der Waals surface area contributed by atoms with E-state index >= 15 is 0 Å². The van der Waals surface area contributed by atoms with Gasteiger partial charge in [-0.05, 0) is 43.5 Å². The summed E-state index contributed by atoms with van der Waals surface area (Å²) in [5.41, 5.74) is 5.31. The van der Waals surface area contributed by atoms with Gasteiger partial charge in [-0.3, -0.25) is 4.90 Å². The van der Waals surface area contributed by atoms with E-state index in [1.54, 1.807) is 17.0 Å². The molecule has 3 atom stereocenters. The number of halogens is 1. The molecule has 0 aromatic heterocycles. The zero-order chi connectivity index (χ0) is 17.1. The summed E-state index contributed by atoms with van der Waals surface area (Å²) in [6.45, 7) is 2.58. The van der Waals surface area contributed by atoms with Crippen molar-refractivity contribution in [2.45, 2.75) is 37.5 Å². The van der Waals surface area contributed by atoms with E-state index in [9.17, 15) is 14.3 Å². The molecule has 3 rings (SSSR count). The molecule has 1 heterocycles. The molecule has 1 saturated heterocycles. The van der Waals surface area contributed by atoms with Crippen LogP contribution in [0.1, 0.15) is 19.3 Å². The van der Waals surface area contributed by atoms with E-state index in [4.69, 9.17) is 10.5 Å². The number of aliphatic hydroxyl groups is 1. The Morgan fingerprint density at radius 3 is 2.46 bits per heavy atom. The Hall–Kier alpha value is -1.86. The van der Waals surface area contributed by atoms with E-state index in [2.05, 4.69) is 4.90 Å². The second kappa shape index (κ2) is 7.36. The van der Waals surface area contributed by atoms with E-state index in [-0.39, 0.29) is 18.0 Å². The molecule has 1 aromatic rings. The van der Waals surface area contributed by atoms with Crippen LogP contribution < -0.4 is 10.5 Å². The summed E-state index contributed by atoms with van der Waals surface area (Å²) in [6.07, 6.45) is 1.73. The highest BCUT2D eigenvalue weighted by Gasteiger charge is 2.38. The summed E-state index contributed by atoms with van der Waals surface area (Å²) >= 11 is 0. The maximum absolute atomic E-state index is 13.0. The van der Waals surface area contributed by atoms with E-state index in [0.717, 1.165) is 19.3 Å². The van der Waals surface area contributed by atoms with Crippen molar-refractivity contribution in [2.75, 3.05) is 26.2 Å². The number of carbonyl (C=O) groups is 1. The predicted octanol–water partition coefficient (Wildman–Crippen LogP) is 1.18. The highest BCUT2D eigenvalue weighted by Crippen LogP contribution is 2.28. The molecular formula is C17H24FN3O3. The van der Waals surface area contributed by atoms with Crippen LogP contribution in [0.4, 0.5) is 9.18 Å². The van der Waals surface area contributed by atoms with Gasteiger partial charge in [0.05, 0.1) is 0 Å². The van der Waals surface area contributed by atoms with Crippen molar-refractivity contribution in [2.24, 2.45) is 5.73 Å². The van der Waals surface area contributed by atoms with Crippen molar-refractivity contribution in [3.05, 3.63) is 30.1 Å². The number of urea groups is 1. The maximum Gasteiger partial charge on any atom is 0.314 e. The fourth-order valence-electron chi connectivity index (χ4n) is 3.61. The molecule has 0 radical (unpaired) electrons. The van der Waals surface area contributed by atoms with Crippen LogP contribution in [-0.2, 0) is 0 Å². The average molecular weight is 337 g/mol. The van der Waals surface area contributed by atoms with Crippen LogP contribution in [0.3, 0.4) is 0 Å². The lowest BCUT2D eigenvalue weighted by Crippen LogP contribution is -2.59. The van der Waals surface area contributed by atoms with Crippen LogP contribution >= 0.6 is 0 Å². The van der Waals surface area contributed by atoms with Crippen molar-refractivity contribution >= 4 is 6.03 Å². The second-order valence-electron chi connectivity index (χ2n) is 6.46. The lowest BCUT2D eigenvalue weighted by atomic mass is 9.88. The number of aliphatic hydroxyl groups excluding tert-OH is 1. The van der Waals surface area contributed by atoms with E-state index < -0.39 is 12.1 Å². The number of nitrogens with two attached hydrogens (primary N) is 1. The van der Waals surface area contributed by atoms with Crippen molar-refractivity contribution in [3.8, 4) is 5.75 Å². The van der Waals surface area contributed by atoms with Crippen LogP contribution in [0.15, 0.2) is 24.3 Å². The van der Waals surface area contributed by atoms with Gasteiger partial charge >= 0.3 is 6.03 Å². The molecule has 6 nitrogen and oxygen atoms in total. The predicted molar refractivity (Wildman–Crippen MR) is 87.2 cm³/mol. The highest BCUT2D eigenvalue weighted by molar-refractivity contribution is 5.72. The zero-order valence-corrected chi connectivity index (χ0v) is 13.6. The number of piperazine rings is 1. The Morgan fingerprint density at radius 2 is 1.83 bits per heavy atom. The minimum atomic E-state index is -0.607. The van der Waals surface area contributed by atoms with Gasteiger partial charge in [-0.15, -0.1) is 0 Å². The zero-order valence-electron chi connectivity index (χ0n) is 13.6. The van der Waals surface area contributed by atoms with Crippen molar-refractivity contribution in [1.82, 2.24) is 9.80 Å². The molecule has 0 unspecified atom stereocenters. The molecule has 1 saturated carbocycles. The molecule has 2 aliphatic rings. The normalized spacial score (nSPS) is 28.6. The average Bonchev–Trinajstić information content (AvgIpc) is 2.59. The minimum Gasteiger partial charge on any atom is -0.488 e. The monoisotopic (exact) mass is 337 g/mol. The molecule has 24 heavy (non-hydrogen) atoms. The topological polar surface area (TPSA) is 79.0 Å². The quantitative estimate of drug-likeness (QED) is 0.868. The molecule has 0 spiro atoms. The first-order valence-electron chi connectivity index (χ1n) is 8.43. The van der Waals surface area contributed by atoms with Crippen LogP contribution in [-0.4, -0.2) is 65.4 Å². The van der Waals surface area contributed by atoms with Gasteiger partial charge in [0, 0.05) is 32.2 Å². The molecule has 1 aromatic carbocycles. The summed E-state index contributed by atoms with van der Waals surface area (Å²) in [4.78, 5) is 15.1. The van der Waals surface area contributed by atoms with Gasteiger partial charge in [0.25, 0.3) is 0 Å². The van der Waals surface area contributed by atoms with Gasteiger partial charge in [-0.25, -0.2) is 9.18 Å². The molecule has 2 amide bonds. The highest BCUT2D eigenvalue weighted by atomic mass is 19.1. The molecular weight excluding hydrogens is 313 g/mol. The second-order valence-corrected chi connectivity index (χ2v) is 6.46. The van der Waals surface area contributed by atoms with Crippen LogP contribution in [0.2, 0.25) is 0 Å². The smallest absolute Gasteiger partial charge is 0.314 e. The molecule has 0 bridgehead atoms. The molecule has 7 heteroatoms. The maximum atomic E-state index is 13.0. The van der Waals surface area contributed by atoms with Gasteiger partial charge in [0.2, 0.25) is 0 Å². The number of hydrogen-bond acceptors (Lipinski definition) is 4. The standard InChI is InChI=1S/C17H24FN3O3/c18-12-4-6-13(7-5-12)24-15-3-1-2-14(16(15)22)20-8-10-21(11-9-20)17(19)23/h4-7,14-16,22H,1-3,8-11H2,(H2,19,23)/t14-,15+,16+/m0/s1. The minimum absolute atomic E-state index is 0.0132. The number of hydrogen-bond donors (Lipinski definition) is 2. The summed E-state index contributed by atoms with van der Waals surface area (Å²) in [5.74, 6) is 0.261. The summed E-state index contributed by atoms with van der Waals surface area (Å²) in [5, 5.41) is 10.7. The Kier molecular flexibility index (Phi) is 5.20. The van der Waals surface area contributed by atoms with Gasteiger partial charge in [0.15, 0.2) is 0 Å². The number of carbonyl (C=O) groups excluding carboxylic acids is 1. The summed E-state index contributed by atoms with van der Waals surface area (Å²) < 4.78 is 18.9. The van der Waals surface area contributed by atoms with Crippen LogP contribution in [0.25, 0.3) is 0 Å². The molecule has 1 aliphatic carbocycles. The third kappa shape index (κ3) is 3.79.